The van der Waals surface area contributed by atoms with Crippen LogP contribution in [0.2, 0.25) is 0 Å². The average molecular weight is 591 g/mol. The van der Waals surface area contributed by atoms with Crippen LogP contribution in [-0.2, 0) is 6.18 Å². The third kappa shape index (κ3) is 6.91. The standard InChI is InChI=1S/C32H37F3N8/c1-19-7-6-8-25-27(19)28(43-15-12-21(13-16-43)42-31(3,4)5)23(18-36)29(39-25)38-22-9-10-24(20(2)17-22)40-30-37-14-11-26(41-30)32(33,34)35/h6-11,14,17,19,21,27,42H,12-13,15-16H2,1-5H3,(H,38,39)(H,37,40,41). The molecule has 0 radical (unpaired) electrons. The van der Waals surface area contributed by atoms with Crippen LogP contribution in [0.3, 0.4) is 0 Å². The molecule has 1 aliphatic carbocycles. The molecule has 5 rings (SSSR count). The van der Waals surface area contributed by atoms with Crippen molar-refractivity contribution in [1.82, 2.24) is 25.5 Å². The molecule has 1 aromatic heterocycles. The van der Waals surface area contributed by atoms with E-state index in [2.05, 4.69) is 76.7 Å². The Morgan fingerprint density at radius 3 is 2.53 bits per heavy atom. The molecule has 0 spiro atoms. The maximum Gasteiger partial charge on any atom is 0.433 e. The van der Waals surface area contributed by atoms with Gasteiger partial charge in [-0.25, -0.2) is 15.0 Å². The molecule has 1 fully saturated rings. The van der Waals surface area contributed by atoms with Crippen LogP contribution >= 0.6 is 0 Å². The van der Waals surface area contributed by atoms with E-state index in [9.17, 15) is 18.4 Å². The van der Waals surface area contributed by atoms with Crippen LogP contribution in [0.25, 0.3) is 0 Å². The van der Waals surface area contributed by atoms with Gasteiger partial charge >= 0.3 is 6.18 Å². The average Bonchev–Trinajstić information content (AvgIpc) is 2.93. The van der Waals surface area contributed by atoms with Gasteiger partial charge in [0.15, 0.2) is 5.84 Å². The molecule has 3 N–H and O–H groups in total. The number of rotatable bonds is 5. The zero-order chi connectivity index (χ0) is 30.9. The van der Waals surface area contributed by atoms with Crippen LogP contribution < -0.4 is 16.0 Å². The van der Waals surface area contributed by atoms with Gasteiger partial charge in [0.2, 0.25) is 5.95 Å². The van der Waals surface area contributed by atoms with Gasteiger partial charge in [0.05, 0.1) is 5.69 Å². The predicted octanol–water partition coefficient (Wildman–Crippen LogP) is 6.52. The second kappa shape index (κ2) is 11.8. The van der Waals surface area contributed by atoms with E-state index in [4.69, 9.17) is 4.99 Å². The lowest BCUT2D eigenvalue weighted by Crippen LogP contribution is -2.51. The lowest BCUT2D eigenvalue weighted by molar-refractivity contribution is -0.141. The molecule has 1 aromatic carbocycles. The van der Waals surface area contributed by atoms with Gasteiger partial charge in [-0.1, -0.05) is 19.1 Å². The first-order valence-electron chi connectivity index (χ1n) is 14.5. The summed E-state index contributed by atoms with van der Waals surface area (Å²) in [6, 6.07) is 8.99. The first kappa shape index (κ1) is 30.3. The Bertz CT molecular complexity index is 1530. The van der Waals surface area contributed by atoms with Gasteiger partial charge in [-0.15, -0.1) is 0 Å². The minimum absolute atomic E-state index is 0.0338. The fraction of sp³-hybridized carbons (Fsp3) is 0.438. The molecule has 3 heterocycles. The third-order valence-corrected chi connectivity index (χ3v) is 7.83. The number of nitrogens with zero attached hydrogens (tertiary/aromatic N) is 5. The number of aromatic nitrogens is 2. The fourth-order valence-electron chi connectivity index (χ4n) is 5.93. The molecule has 2 unspecified atom stereocenters. The van der Waals surface area contributed by atoms with E-state index >= 15 is 0 Å². The minimum Gasteiger partial charge on any atom is -0.373 e. The van der Waals surface area contributed by atoms with Gasteiger partial charge in [-0.3, -0.25) is 0 Å². The van der Waals surface area contributed by atoms with Crippen molar-refractivity contribution in [2.45, 2.75) is 65.2 Å². The second-order valence-corrected chi connectivity index (χ2v) is 12.3. The zero-order valence-electron chi connectivity index (χ0n) is 25.0. The van der Waals surface area contributed by atoms with Crippen LogP contribution in [0.4, 0.5) is 30.5 Å². The molecule has 43 heavy (non-hydrogen) atoms. The van der Waals surface area contributed by atoms with E-state index in [1.54, 1.807) is 12.1 Å². The third-order valence-electron chi connectivity index (χ3n) is 7.83. The topological polar surface area (TPSA) is 101 Å². The number of aryl methyl sites for hydroxylation is 1. The van der Waals surface area contributed by atoms with Crippen molar-refractivity contribution in [3.63, 3.8) is 0 Å². The molecule has 2 atom stereocenters. The van der Waals surface area contributed by atoms with Crippen LogP contribution in [-0.4, -0.2) is 45.4 Å². The lowest BCUT2D eigenvalue weighted by Gasteiger charge is -2.44. The summed E-state index contributed by atoms with van der Waals surface area (Å²) in [6.07, 6.45) is 4.74. The Hall–Kier alpha value is -4.17. The SMILES string of the molecule is Cc1cc(N=C2NC3=CC=CC(C)C3C(N3CCC(NC(C)(C)C)CC3)=C2C#N)ccc1Nc1nccc(C(F)(F)F)n1. The molecule has 3 aliphatic rings. The van der Waals surface area contributed by atoms with Crippen molar-refractivity contribution < 1.29 is 13.2 Å². The van der Waals surface area contributed by atoms with E-state index in [1.807, 2.05) is 19.1 Å². The highest BCUT2D eigenvalue weighted by atomic mass is 19.4. The van der Waals surface area contributed by atoms with E-state index in [-0.39, 0.29) is 23.3 Å². The quantitative estimate of drug-likeness (QED) is 0.365. The molecule has 0 saturated carbocycles. The van der Waals surface area contributed by atoms with Gasteiger partial charge in [-0.2, -0.15) is 18.4 Å². The van der Waals surface area contributed by atoms with Crippen molar-refractivity contribution in [2.24, 2.45) is 16.8 Å². The van der Waals surface area contributed by atoms with E-state index in [1.165, 1.54) is 0 Å². The molecule has 226 valence electrons. The van der Waals surface area contributed by atoms with Crippen LogP contribution in [0.1, 0.15) is 51.8 Å². The zero-order valence-corrected chi connectivity index (χ0v) is 25.0. The molecule has 0 amide bonds. The maximum absolute atomic E-state index is 13.1. The van der Waals surface area contributed by atoms with Gasteiger partial charge in [0.25, 0.3) is 0 Å². The van der Waals surface area contributed by atoms with Crippen molar-refractivity contribution in [3.05, 3.63) is 76.9 Å². The summed E-state index contributed by atoms with van der Waals surface area (Å²) in [5, 5.41) is 20.5. The van der Waals surface area contributed by atoms with Gasteiger partial charge in [-0.05, 0) is 82.4 Å². The van der Waals surface area contributed by atoms with E-state index in [0.717, 1.165) is 55.2 Å². The highest BCUT2D eigenvalue weighted by Gasteiger charge is 2.39. The summed E-state index contributed by atoms with van der Waals surface area (Å²) < 4.78 is 39.3. The monoisotopic (exact) mass is 590 g/mol. The van der Waals surface area contributed by atoms with Gasteiger partial charge in [0, 0.05) is 53.9 Å². The van der Waals surface area contributed by atoms with Crippen LogP contribution in [0.15, 0.2) is 70.6 Å². The Kier molecular flexibility index (Phi) is 8.34. The molecule has 0 bridgehead atoms. The maximum atomic E-state index is 13.1. The van der Waals surface area contributed by atoms with Crippen molar-refractivity contribution in [2.75, 3.05) is 18.4 Å². The number of benzene rings is 1. The molecular formula is C32H37F3N8. The number of likely N-dealkylation sites (tertiary alicyclic amines) is 1. The van der Waals surface area contributed by atoms with Gasteiger partial charge in [0.1, 0.15) is 17.3 Å². The molecular weight excluding hydrogens is 553 g/mol. The predicted molar refractivity (Wildman–Crippen MR) is 162 cm³/mol. The lowest BCUT2D eigenvalue weighted by atomic mass is 9.79. The molecule has 11 heteroatoms. The van der Waals surface area contributed by atoms with Crippen molar-refractivity contribution >= 4 is 23.2 Å². The number of amidine groups is 1. The summed E-state index contributed by atoms with van der Waals surface area (Å²) in [5.41, 5.74) is 3.47. The normalized spacial score (nSPS) is 22.2. The summed E-state index contributed by atoms with van der Waals surface area (Å²) in [6.45, 7) is 12.2. The number of nitriles is 1. The highest BCUT2D eigenvalue weighted by molar-refractivity contribution is 6.06. The van der Waals surface area contributed by atoms with Crippen LogP contribution in [0, 0.1) is 30.1 Å². The fourth-order valence-corrected chi connectivity index (χ4v) is 5.93. The number of allylic oxidation sites excluding steroid dienone is 3. The molecule has 2 aromatic rings. The molecule has 2 aliphatic heterocycles. The molecule has 1 saturated heterocycles. The first-order valence-corrected chi connectivity index (χ1v) is 14.5. The number of aliphatic imine (C=N–C) groups is 1. The number of anilines is 2. The number of nitrogens with one attached hydrogen (secondary N) is 3. The Balaban J connectivity index is 1.44. The summed E-state index contributed by atoms with van der Waals surface area (Å²) >= 11 is 0. The number of piperidine rings is 1. The smallest absolute Gasteiger partial charge is 0.373 e. The largest absolute Gasteiger partial charge is 0.433 e. The summed E-state index contributed by atoms with van der Waals surface area (Å²) in [4.78, 5) is 14.7. The first-order chi connectivity index (χ1) is 20.3. The number of hydrogen-bond acceptors (Lipinski definition) is 7. The number of alkyl halides is 3. The number of halogens is 3. The van der Waals surface area contributed by atoms with E-state index < -0.39 is 11.9 Å². The van der Waals surface area contributed by atoms with Crippen molar-refractivity contribution in [1.29, 1.82) is 5.26 Å². The summed E-state index contributed by atoms with van der Waals surface area (Å²) in [5.74, 6) is 0.581. The second-order valence-electron chi connectivity index (χ2n) is 12.3. The Morgan fingerprint density at radius 1 is 1.14 bits per heavy atom. The minimum atomic E-state index is -4.56. The highest BCUT2D eigenvalue weighted by Crippen LogP contribution is 2.40. The Morgan fingerprint density at radius 2 is 1.88 bits per heavy atom. The van der Waals surface area contributed by atoms with Crippen molar-refractivity contribution in [3.8, 4) is 6.07 Å². The Labute approximate surface area is 250 Å². The van der Waals surface area contributed by atoms with Crippen LogP contribution in [0.5, 0.6) is 0 Å². The van der Waals surface area contributed by atoms with E-state index in [0.29, 0.717) is 28.8 Å². The summed E-state index contributed by atoms with van der Waals surface area (Å²) in [7, 11) is 0. The van der Waals surface area contributed by atoms with Gasteiger partial charge < -0.3 is 20.9 Å². The number of fused-ring (bicyclic) bond motifs is 1. The number of hydrogen-bond donors (Lipinski definition) is 3. The molecule has 8 nitrogen and oxygen atoms in total.